The zero-order valence-electron chi connectivity index (χ0n) is 15.6. The first-order chi connectivity index (χ1) is 11.6. The average molecular weight is 342 g/mol. The molecule has 0 aromatic heterocycles. The summed E-state index contributed by atoms with van der Waals surface area (Å²) in [5.74, 6) is -0.446. The van der Waals surface area contributed by atoms with Crippen molar-refractivity contribution >= 4 is 5.97 Å². The van der Waals surface area contributed by atoms with E-state index in [4.69, 9.17) is 18.9 Å². The minimum atomic E-state index is -0.446. The van der Waals surface area contributed by atoms with Gasteiger partial charge in [0.25, 0.3) is 0 Å². The van der Waals surface area contributed by atoms with Crippen LogP contribution in [0.1, 0.15) is 52.4 Å². The van der Waals surface area contributed by atoms with Crippen LogP contribution >= 0.6 is 0 Å². The Morgan fingerprint density at radius 1 is 1.17 bits per heavy atom. The van der Waals surface area contributed by atoms with E-state index in [1.165, 1.54) is 19.3 Å². The number of unbranched alkanes of at least 4 members (excludes halogenated alkanes) is 4. The molecule has 24 heavy (non-hydrogen) atoms. The van der Waals surface area contributed by atoms with Gasteiger partial charge in [-0.25, -0.2) is 4.79 Å². The molecule has 1 unspecified atom stereocenters. The molecule has 0 heterocycles. The lowest BCUT2D eigenvalue weighted by molar-refractivity contribution is -0.145. The van der Waals surface area contributed by atoms with Gasteiger partial charge in [-0.2, -0.15) is 0 Å². The van der Waals surface area contributed by atoms with Crippen molar-refractivity contribution in [2.75, 3.05) is 27.1 Å². The van der Waals surface area contributed by atoms with Crippen molar-refractivity contribution in [2.24, 2.45) is 0 Å². The topological polar surface area (TPSA) is 54.0 Å². The first kappa shape index (κ1) is 22.8. The lowest BCUT2D eigenvalue weighted by Gasteiger charge is -2.20. The van der Waals surface area contributed by atoms with Gasteiger partial charge >= 0.3 is 5.97 Å². The highest BCUT2D eigenvalue weighted by atomic mass is 16.7. The van der Waals surface area contributed by atoms with Crippen LogP contribution in [-0.2, 0) is 23.7 Å². The Morgan fingerprint density at radius 2 is 1.88 bits per heavy atom. The lowest BCUT2D eigenvalue weighted by atomic mass is 10.0. The van der Waals surface area contributed by atoms with Gasteiger partial charge in [-0.15, -0.1) is 0 Å². The highest BCUT2D eigenvalue weighted by Crippen LogP contribution is 2.17. The molecule has 0 N–H and O–H groups in total. The fraction of sp³-hybridized carbons (Fsp3) is 0.737. The van der Waals surface area contributed by atoms with Crippen molar-refractivity contribution in [3.8, 4) is 0 Å². The number of rotatable bonds is 16. The van der Waals surface area contributed by atoms with E-state index in [0.29, 0.717) is 18.8 Å². The standard InChI is InChI=1S/C19H34O5/c1-6-8-9-10-11-12-18(23-15-22-14-13-21-5)17(4)19(20)24-16(3)7-2/h7,16,18H,2,4,6,8-15H2,1,3,5H3/t16-,18?/m1/s1. The van der Waals surface area contributed by atoms with Gasteiger partial charge in [-0.1, -0.05) is 58.3 Å². The van der Waals surface area contributed by atoms with Crippen LogP contribution in [0.3, 0.4) is 0 Å². The van der Waals surface area contributed by atoms with Crippen LogP contribution in [0.25, 0.3) is 0 Å². The van der Waals surface area contributed by atoms with Crippen molar-refractivity contribution < 1.29 is 23.7 Å². The summed E-state index contributed by atoms with van der Waals surface area (Å²) in [7, 11) is 1.61. The maximum absolute atomic E-state index is 12.1. The Balaban J connectivity index is 4.38. The Bertz CT molecular complexity index is 340. The fourth-order valence-corrected chi connectivity index (χ4v) is 2.05. The molecule has 0 saturated heterocycles. The molecule has 0 radical (unpaired) electrons. The zero-order valence-corrected chi connectivity index (χ0v) is 15.6. The first-order valence-electron chi connectivity index (χ1n) is 8.77. The molecule has 0 spiro atoms. The van der Waals surface area contributed by atoms with E-state index in [1.54, 1.807) is 20.1 Å². The van der Waals surface area contributed by atoms with E-state index in [-0.39, 0.29) is 12.9 Å². The molecule has 0 fully saturated rings. The summed E-state index contributed by atoms with van der Waals surface area (Å²) in [5.41, 5.74) is 0.328. The molecule has 5 nitrogen and oxygen atoms in total. The average Bonchev–Trinajstić information content (AvgIpc) is 2.58. The third-order valence-corrected chi connectivity index (χ3v) is 3.63. The minimum Gasteiger partial charge on any atom is -0.455 e. The summed E-state index contributed by atoms with van der Waals surface area (Å²) < 4.78 is 21.2. The summed E-state index contributed by atoms with van der Waals surface area (Å²) in [6, 6.07) is 0. The number of carbonyl (C=O) groups excluding carboxylic acids is 1. The molecule has 0 amide bonds. The molecule has 0 rings (SSSR count). The van der Waals surface area contributed by atoms with E-state index in [9.17, 15) is 4.79 Å². The van der Waals surface area contributed by atoms with Crippen LogP contribution < -0.4 is 0 Å². The van der Waals surface area contributed by atoms with Crippen molar-refractivity contribution in [3.63, 3.8) is 0 Å². The molecule has 0 aliphatic heterocycles. The van der Waals surface area contributed by atoms with Gasteiger partial charge in [-0.3, -0.25) is 0 Å². The number of ether oxygens (including phenoxy) is 4. The number of hydrogen-bond donors (Lipinski definition) is 0. The van der Waals surface area contributed by atoms with Gasteiger partial charge in [0.1, 0.15) is 12.9 Å². The molecule has 140 valence electrons. The molecular weight excluding hydrogens is 308 g/mol. The summed E-state index contributed by atoms with van der Waals surface area (Å²) >= 11 is 0. The maximum Gasteiger partial charge on any atom is 0.336 e. The normalized spacial score (nSPS) is 13.3. The van der Waals surface area contributed by atoms with Crippen LogP contribution in [0.15, 0.2) is 24.8 Å². The van der Waals surface area contributed by atoms with E-state index in [2.05, 4.69) is 20.1 Å². The second kappa shape index (κ2) is 15.4. The Kier molecular flexibility index (Phi) is 14.6. The summed E-state index contributed by atoms with van der Waals surface area (Å²) in [6.07, 6.45) is 7.27. The molecule has 0 aliphatic rings. The predicted octanol–water partition coefficient (Wildman–Crippen LogP) is 4.03. The highest BCUT2D eigenvalue weighted by Gasteiger charge is 2.22. The molecule has 0 aliphatic carbocycles. The van der Waals surface area contributed by atoms with Crippen molar-refractivity contribution in [2.45, 2.75) is 64.6 Å². The summed E-state index contributed by atoms with van der Waals surface area (Å²) in [6.45, 7) is 12.5. The van der Waals surface area contributed by atoms with Crippen molar-refractivity contribution in [3.05, 3.63) is 24.8 Å². The second-order valence-corrected chi connectivity index (χ2v) is 5.75. The van der Waals surface area contributed by atoms with Crippen molar-refractivity contribution in [1.29, 1.82) is 0 Å². The Morgan fingerprint density at radius 3 is 2.50 bits per heavy atom. The monoisotopic (exact) mass is 342 g/mol. The van der Waals surface area contributed by atoms with Crippen LogP contribution in [-0.4, -0.2) is 45.3 Å². The van der Waals surface area contributed by atoms with Gasteiger partial charge in [0.15, 0.2) is 0 Å². The van der Waals surface area contributed by atoms with Crippen LogP contribution in [0, 0.1) is 0 Å². The first-order valence-corrected chi connectivity index (χ1v) is 8.77. The second-order valence-electron chi connectivity index (χ2n) is 5.75. The zero-order chi connectivity index (χ0) is 18.2. The smallest absolute Gasteiger partial charge is 0.336 e. The predicted molar refractivity (Wildman–Crippen MR) is 95.8 cm³/mol. The van der Waals surface area contributed by atoms with Gasteiger partial charge in [0.2, 0.25) is 0 Å². The number of methoxy groups -OCH3 is 1. The molecule has 0 saturated carbocycles. The third-order valence-electron chi connectivity index (χ3n) is 3.63. The minimum absolute atomic E-state index is 0.103. The molecule has 2 atom stereocenters. The highest BCUT2D eigenvalue weighted by molar-refractivity contribution is 5.89. The summed E-state index contributed by atoms with van der Waals surface area (Å²) in [5, 5.41) is 0. The van der Waals surface area contributed by atoms with Crippen molar-refractivity contribution in [1.82, 2.24) is 0 Å². The van der Waals surface area contributed by atoms with Gasteiger partial charge in [0.05, 0.1) is 24.9 Å². The largest absolute Gasteiger partial charge is 0.455 e. The van der Waals surface area contributed by atoms with E-state index in [0.717, 1.165) is 19.3 Å². The number of carbonyl (C=O) groups is 1. The van der Waals surface area contributed by atoms with Gasteiger partial charge < -0.3 is 18.9 Å². The van der Waals surface area contributed by atoms with E-state index < -0.39 is 12.1 Å². The van der Waals surface area contributed by atoms with Gasteiger partial charge in [-0.05, 0) is 13.3 Å². The lowest BCUT2D eigenvalue weighted by Crippen LogP contribution is -2.26. The summed E-state index contributed by atoms with van der Waals surface area (Å²) in [4.78, 5) is 12.1. The third kappa shape index (κ3) is 11.4. The molecule has 5 heteroatoms. The maximum atomic E-state index is 12.1. The van der Waals surface area contributed by atoms with Crippen LogP contribution in [0.5, 0.6) is 0 Å². The number of esters is 1. The molecular formula is C19H34O5. The quantitative estimate of drug-likeness (QED) is 0.139. The fourth-order valence-electron chi connectivity index (χ4n) is 2.05. The van der Waals surface area contributed by atoms with E-state index >= 15 is 0 Å². The number of hydrogen-bond acceptors (Lipinski definition) is 5. The van der Waals surface area contributed by atoms with E-state index in [1.807, 2.05) is 0 Å². The van der Waals surface area contributed by atoms with Crippen LogP contribution in [0.4, 0.5) is 0 Å². The van der Waals surface area contributed by atoms with Gasteiger partial charge in [0, 0.05) is 7.11 Å². The Labute approximate surface area is 147 Å². The molecule has 0 aromatic carbocycles. The molecule has 0 aromatic rings. The Hall–Kier alpha value is -1.17. The SMILES string of the molecule is C=C[C@@H](C)OC(=O)C(=C)C(CCCCCCC)OCOCCOC. The van der Waals surface area contributed by atoms with Crippen LogP contribution in [0.2, 0.25) is 0 Å². The molecule has 0 bridgehead atoms.